The molecular weight excluding hydrogens is 292 g/mol. The van der Waals surface area contributed by atoms with Crippen molar-refractivity contribution < 1.29 is 29.3 Å². The van der Waals surface area contributed by atoms with Crippen molar-refractivity contribution in [3.8, 4) is 11.5 Å². The average Bonchev–Trinajstić information content (AvgIpc) is 2.50. The first-order chi connectivity index (χ1) is 10.3. The van der Waals surface area contributed by atoms with Gasteiger partial charge in [0.15, 0.2) is 11.5 Å². The minimum atomic E-state index is -1.25. The number of ether oxygens (including phenoxy) is 2. The molecule has 0 amide bonds. The molecule has 1 rings (SSSR count). The maximum Gasteiger partial charge on any atom is 0.327 e. The van der Waals surface area contributed by atoms with Crippen LogP contribution < -0.4 is 11.3 Å². The summed E-state index contributed by atoms with van der Waals surface area (Å²) in [7, 11) is 1.24. The summed E-state index contributed by atoms with van der Waals surface area (Å²) in [6, 6.07) is 4.18. The summed E-state index contributed by atoms with van der Waals surface area (Å²) in [6.45, 7) is 1.40. The first-order valence-corrected chi connectivity index (χ1v) is 6.55. The van der Waals surface area contributed by atoms with E-state index in [4.69, 9.17) is 10.6 Å². The molecule has 0 saturated heterocycles. The number of nitrogens with two attached hydrogens (primary N) is 1. The lowest BCUT2D eigenvalue weighted by molar-refractivity contribution is -0.153. The molecule has 0 aliphatic carbocycles. The molecule has 0 aliphatic rings. The smallest absolute Gasteiger partial charge is 0.327 e. The second kappa shape index (κ2) is 7.62. The highest BCUT2D eigenvalue weighted by atomic mass is 16.5. The number of phenolic OH excluding ortho intramolecular Hbond substituents is 2. The number of rotatable bonds is 7. The van der Waals surface area contributed by atoms with Crippen LogP contribution in [0.25, 0.3) is 0 Å². The lowest BCUT2D eigenvalue weighted by Gasteiger charge is -2.26. The number of phenols is 2. The van der Waals surface area contributed by atoms with Gasteiger partial charge in [0, 0.05) is 6.42 Å². The van der Waals surface area contributed by atoms with E-state index < -0.39 is 17.5 Å². The Morgan fingerprint density at radius 2 is 2.00 bits per heavy atom. The predicted octanol–water partition coefficient (Wildman–Crippen LogP) is -0.0314. The SMILES string of the molecule is COC(=O)CCOC(=O)C(C)(Cc1ccc(O)c(O)c1)NN. The highest BCUT2D eigenvalue weighted by molar-refractivity contribution is 5.81. The Balaban J connectivity index is 2.71. The van der Waals surface area contributed by atoms with Gasteiger partial charge in [-0.25, -0.2) is 10.2 Å². The van der Waals surface area contributed by atoms with Crippen LogP contribution >= 0.6 is 0 Å². The number of aromatic hydroxyl groups is 2. The van der Waals surface area contributed by atoms with Crippen molar-refractivity contribution in [3.63, 3.8) is 0 Å². The number of hydrazine groups is 1. The summed E-state index contributed by atoms with van der Waals surface area (Å²) in [6.07, 6.45) is 0.0668. The largest absolute Gasteiger partial charge is 0.504 e. The summed E-state index contributed by atoms with van der Waals surface area (Å²) < 4.78 is 9.44. The lowest BCUT2D eigenvalue weighted by Crippen LogP contribution is -2.55. The third-order valence-electron chi connectivity index (χ3n) is 3.13. The molecule has 122 valence electrons. The van der Waals surface area contributed by atoms with Crippen molar-refractivity contribution >= 4 is 11.9 Å². The standard InChI is InChI=1S/C14H20N2O6/c1-14(16-15,13(20)22-6-5-12(19)21-2)8-9-3-4-10(17)11(18)7-9/h3-4,7,16-18H,5-6,8,15H2,1-2H3. The molecule has 8 nitrogen and oxygen atoms in total. The van der Waals surface area contributed by atoms with E-state index in [1.54, 1.807) is 6.07 Å². The Morgan fingerprint density at radius 3 is 2.55 bits per heavy atom. The Kier molecular flexibility index (Phi) is 6.14. The molecule has 0 heterocycles. The van der Waals surface area contributed by atoms with Gasteiger partial charge in [-0.2, -0.15) is 0 Å². The molecule has 1 atom stereocenters. The van der Waals surface area contributed by atoms with Crippen molar-refractivity contribution in [2.75, 3.05) is 13.7 Å². The Morgan fingerprint density at radius 1 is 1.32 bits per heavy atom. The van der Waals surface area contributed by atoms with Crippen LogP contribution in [0.1, 0.15) is 18.9 Å². The molecule has 5 N–H and O–H groups in total. The summed E-state index contributed by atoms with van der Waals surface area (Å²) in [5.41, 5.74) is 1.70. The predicted molar refractivity (Wildman–Crippen MR) is 76.8 cm³/mol. The third-order valence-corrected chi connectivity index (χ3v) is 3.13. The highest BCUT2D eigenvalue weighted by Crippen LogP contribution is 2.27. The minimum absolute atomic E-state index is 0.0527. The number of hydrogen-bond acceptors (Lipinski definition) is 8. The van der Waals surface area contributed by atoms with E-state index >= 15 is 0 Å². The van der Waals surface area contributed by atoms with Crippen molar-refractivity contribution in [2.24, 2.45) is 5.84 Å². The molecule has 8 heteroatoms. The quantitative estimate of drug-likeness (QED) is 0.239. The average molecular weight is 312 g/mol. The zero-order chi connectivity index (χ0) is 16.8. The molecule has 1 aromatic carbocycles. The van der Waals surface area contributed by atoms with Crippen LogP contribution in [0.5, 0.6) is 11.5 Å². The van der Waals surface area contributed by atoms with Crippen LogP contribution in [0.15, 0.2) is 18.2 Å². The van der Waals surface area contributed by atoms with Gasteiger partial charge < -0.3 is 19.7 Å². The second-order valence-corrected chi connectivity index (χ2v) is 4.94. The molecule has 0 bridgehead atoms. The van der Waals surface area contributed by atoms with E-state index in [1.807, 2.05) is 0 Å². The van der Waals surface area contributed by atoms with Gasteiger partial charge in [0.25, 0.3) is 0 Å². The summed E-state index contributed by atoms with van der Waals surface area (Å²) >= 11 is 0. The van der Waals surface area contributed by atoms with Crippen molar-refractivity contribution in [2.45, 2.75) is 25.3 Å². The number of esters is 2. The monoisotopic (exact) mass is 312 g/mol. The van der Waals surface area contributed by atoms with Gasteiger partial charge in [-0.15, -0.1) is 0 Å². The number of methoxy groups -OCH3 is 1. The van der Waals surface area contributed by atoms with E-state index in [9.17, 15) is 19.8 Å². The van der Waals surface area contributed by atoms with Crippen molar-refractivity contribution in [3.05, 3.63) is 23.8 Å². The molecule has 0 spiro atoms. The second-order valence-electron chi connectivity index (χ2n) is 4.94. The molecule has 0 radical (unpaired) electrons. The molecule has 0 saturated carbocycles. The van der Waals surface area contributed by atoms with Gasteiger partial charge in [0.05, 0.1) is 13.5 Å². The van der Waals surface area contributed by atoms with Crippen LogP contribution in [-0.2, 0) is 25.5 Å². The van der Waals surface area contributed by atoms with Crippen LogP contribution in [0, 0.1) is 0 Å². The van der Waals surface area contributed by atoms with Gasteiger partial charge >= 0.3 is 11.9 Å². The lowest BCUT2D eigenvalue weighted by atomic mass is 9.93. The summed E-state index contributed by atoms with van der Waals surface area (Å²) in [5, 5.41) is 18.7. The van der Waals surface area contributed by atoms with Gasteiger partial charge in [-0.05, 0) is 24.6 Å². The Bertz CT molecular complexity index is 548. The molecule has 0 aromatic heterocycles. The van der Waals surface area contributed by atoms with Crippen LogP contribution in [0.4, 0.5) is 0 Å². The summed E-state index contributed by atoms with van der Waals surface area (Å²) in [5.74, 6) is 3.74. The number of benzene rings is 1. The molecule has 0 aliphatic heterocycles. The Labute approximate surface area is 127 Å². The topological polar surface area (TPSA) is 131 Å². The zero-order valence-electron chi connectivity index (χ0n) is 12.5. The molecule has 22 heavy (non-hydrogen) atoms. The number of hydrogen-bond donors (Lipinski definition) is 4. The van der Waals surface area contributed by atoms with Crippen LogP contribution in [0.2, 0.25) is 0 Å². The van der Waals surface area contributed by atoms with Gasteiger partial charge in [-0.3, -0.25) is 10.6 Å². The first kappa shape index (κ1) is 17.7. The highest BCUT2D eigenvalue weighted by Gasteiger charge is 2.34. The minimum Gasteiger partial charge on any atom is -0.504 e. The van der Waals surface area contributed by atoms with E-state index in [2.05, 4.69) is 10.2 Å². The van der Waals surface area contributed by atoms with E-state index in [-0.39, 0.29) is 30.9 Å². The number of carbonyl (C=O) groups excluding carboxylic acids is 2. The fourth-order valence-electron chi connectivity index (χ4n) is 1.76. The molecule has 1 aromatic rings. The molecule has 1 unspecified atom stereocenters. The molecule has 0 fully saturated rings. The third kappa shape index (κ3) is 4.61. The fraction of sp³-hybridized carbons (Fsp3) is 0.429. The number of carbonyl (C=O) groups is 2. The maximum absolute atomic E-state index is 12.1. The van der Waals surface area contributed by atoms with E-state index in [0.29, 0.717) is 5.56 Å². The van der Waals surface area contributed by atoms with Crippen LogP contribution in [0.3, 0.4) is 0 Å². The zero-order valence-corrected chi connectivity index (χ0v) is 12.5. The van der Waals surface area contributed by atoms with Gasteiger partial charge in [0.1, 0.15) is 12.1 Å². The summed E-state index contributed by atoms with van der Waals surface area (Å²) in [4.78, 5) is 23.1. The van der Waals surface area contributed by atoms with Crippen molar-refractivity contribution in [1.29, 1.82) is 0 Å². The van der Waals surface area contributed by atoms with Gasteiger partial charge in [-0.1, -0.05) is 6.07 Å². The number of nitrogens with one attached hydrogen (secondary N) is 1. The fourth-order valence-corrected chi connectivity index (χ4v) is 1.76. The normalized spacial score (nSPS) is 13.2. The Hall–Kier alpha value is -2.32. The first-order valence-electron chi connectivity index (χ1n) is 6.55. The van der Waals surface area contributed by atoms with Gasteiger partial charge in [0.2, 0.25) is 0 Å². The molecular formula is C14H20N2O6. The maximum atomic E-state index is 12.1. The van der Waals surface area contributed by atoms with E-state index in [0.717, 1.165) is 0 Å². The van der Waals surface area contributed by atoms with Crippen LogP contribution in [-0.4, -0.2) is 41.4 Å². The van der Waals surface area contributed by atoms with E-state index in [1.165, 1.54) is 26.2 Å². The van der Waals surface area contributed by atoms with Crippen molar-refractivity contribution in [1.82, 2.24) is 5.43 Å².